The molecule has 6 N–H and O–H groups in total. The van der Waals surface area contributed by atoms with E-state index in [1.165, 1.54) is 51.4 Å². The monoisotopic (exact) mass is 845 g/mol. The van der Waals surface area contributed by atoms with Gasteiger partial charge in [-0.05, 0) is 57.8 Å². The summed E-state index contributed by atoms with van der Waals surface area (Å²) >= 11 is 0. The predicted molar refractivity (Wildman–Crippen MR) is 226 cm³/mol. The number of hydrogen-bond acceptors (Lipinski definition) is 12. The number of phosphoric ester groups is 1. The maximum Gasteiger partial charge on any atom is 0.472 e. The van der Waals surface area contributed by atoms with Crippen molar-refractivity contribution in [2.45, 2.75) is 204 Å². The van der Waals surface area contributed by atoms with Gasteiger partial charge in [-0.2, -0.15) is 0 Å². The highest BCUT2D eigenvalue weighted by Crippen LogP contribution is 2.47. The summed E-state index contributed by atoms with van der Waals surface area (Å²) in [5.41, 5.74) is 0. The van der Waals surface area contributed by atoms with Crippen LogP contribution in [0.5, 0.6) is 0 Å². The number of aliphatic hydroxyl groups is 5. The zero-order chi connectivity index (χ0) is 42.9. The van der Waals surface area contributed by atoms with Crippen LogP contribution in [0.4, 0.5) is 0 Å². The molecule has 0 aromatic rings. The van der Waals surface area contributed by atoms with Crippen molar-refractivity contribution in [3.05, 3.63) is 48.6 Å². The van der Waals surface area contributed by atoms with Crippen LogP contribution in [0.3, 0.4) is 0 Å². The number of carbonyl (C=O) groups excluding carboxylic acids is 2. The number of rotatable bonds is 35. The number of carbonyl (C=O) groups is 2. The first-order valence-electron chi connectivity index (χ1n) is 21.9. The van der Waals surface area contributed by atoms with Gasteiger partial charge in [0.05, 0.1) is 6.61 Å². The molecule has 0 saturated heterocycles. The van der Waals surface area contributed by atoms with Gasteiger partial charge in [-0.25, -0.2) is 4.57 Å². The fraction of sp³-hybridized carbons (Fsp3) is 0.773. The van der Waals surface area contributed by atoms with Gasteiger partial charge in [-0.15, -0.1) is 0 Å². The van der Waals surface area contributed by atoms with E-state index in [4.69, 9.17) is 18.5 Å². The minimum absolute atomic E-state index is 0.0895. The molecule has 0 bridgehead atoms. The molecule has 1 saturated carbocycles. The zero-order valence-corrected chi connectivity index (χ0v) is 36.2. The lowest BCUT2D eigenvalue weighted by molar-refractivity contribution is -0.220. The van der Waals surface area contributed by atoms with E-state index in [9.17, 15) is 44.6 Å². The van der Waals surface area contributed by atoms with E-state index in [0.29, 0.717) is 12.8 Å². The summed E-state index contributed by atoms with van der Waals surface area (Å²) in [6.07, 6.45) is 26.1. The van der Waals surface area contributed by atoms with Crippen LogP contribution in [-0.2, 0) is 32.7 Å². The second-order valence-electron chi connectivity index (χ2n) is 15.2. The van der Waals surface area contributed by atoms with E-state index in [-0.39, 0.29) is 12.8 Å². The minimum atomic E-state index is -5.12. The average molecular weight is 845 g/mol. The fourth-order valence-electron chi connectivity index (χ4n) is 6.33. The number of esters is 2. The molecular formula is C44H77O13P. The van der Waals surface area contributed by atoms with E-state index in [0.717, 1.165) is 70.6 Å². The second kappa shape index (κ2) is 34.5. The van der Waals surface area contributed by atoms with Crippen molar-refractivity contribution < 1.29 is 63.1 Å². The Hall–Kier alpha value is -2.19. The molecule has 8 atom stereocenters. The van der Waals surface area contributed by atoms with Gasteiger partial charge in [-0.3, -0.25) is 18.6 Å². The molecule has 0 radical (unpaired) electrons. The Morgan fingerprint density at radius 1 is 0.534 bits per heavy atom. The third kappa shape index (κ3) is 26.8. The molecule has 0 aromatic heterocycles. The fourth-order valence-corrected chi connectivity index (χ4v) is 7.30. The summed E-state index contributed by atoms with van der Waals surface area (Å²) in [6.45, 7) is 3.20. The smallest absolute Gasteiger partial charge is 0.462 e. The minimum Gasteiger partial charge on any atom is -0.462 e. The summed E-state index contributed by atoms with van der Waals surface area (Å²) in [5, 5.41) is 50.0. The quantitative estimate of drug-likeness (QED) is 0.0155. The van der Waals surface area contributed by atoms with Crippen molar-refractivity contribution in [1.29, 1.82) is 0 Å². The van der Waals surface area contributed by atoms with Crippen molar-refractivity contribution in [3.8, 4) is 0 Å². The highest BCUT2D eigenvalue weighted by Gasteiger charge is 2.51. The first-order valence-corrected chi connectivity index (χ1v) is 23.4. The molecule has 1 aliphatic rings. The number of ether oxygens (including phenoxy) is 2. The zero-order valence-electron chi connectivity index (χ0n) is 35.3. The van der Waals surface area contributed by atoms with Crippen LogP contribution < -0.4 is 0 Å². The van der Waals surface area contributed by atoms with Gasteiger partial charge in [0.25, 0.3) is 0 Å². The Labute approximate surface area is 348 Å². The largest absolute Gasteiger partial charge is 0.472 e. The van der Waals surface area contributed by atoms with Crippen LogP contribution in [0.25, 0.3) is 0 Å². The Kier molecular flexibility index (Phi) is 32.0. The van der Waals surface area contributed by atoms with E-state index < -0.39 is 75.7 Å². The van der Waals surface area contributed by atoms with Gasteiger partial charge >= 0.3 is 19.8 Å². The third-order valence-corrected chi connectivity index (χ3v) is 10.9. The first-order chi connectivity index (χ1) is 27.9. The van der Waals surface area contributed by atoms with E-state index in [1.54, 1.807) is 0 Å². The normalized spacial score (nSPS) is 23.0. The number of phosphoric acid groups is 1. The van der Waals surface area contributed by atoms with Gasteiger partial charge in [0.2, 0.25) is 0 Å². The van der Waals surface area contributed by atoms with E-state index >= 15 is 0 Å². The van der Waals surface area contributed by atoms with Crippen LogP contribution in [0.1, 0.15) is 162 Å². The van der Waals surface area contributed by atoms with Crippen molar-refractivity contribution in [2.24, 2.45) is 0 Å². The molecule has 58 heavy (non-hydrogen) atoms. The number of allylic oxidation sites excluding steroid dienone is 8. The molecule has 6 unspecified atom stereocenters. The highest BCUT2D eigenvalue weighted by molar-refractivity contribution is 7.47. The summed E-state index contributed by atoms with van der Waals surface area (Å²) in [7, 11) is -5.12. The maximum atomic E-state index is 12.8. The molecule has 336 valence electrons. The van der Waals surface area contributed by atoms with E-state index in [1.807, 2.05) is 0 Å². The Balaban J connectivity index is 2.48. The third-order valence-electron chi connectivity index (χ3n) is 9.92. The van der Waals surface area contributed by atoms with Gasteiger partial charge in [0.1, 0.15) is 43.2 Å². The molecule has 0 spiro atoms. The maximum absolute atomic E-state index is 12.8. The molecular weight excluding hydrogens is 767 g/mol. The van der Waals surface area contributed by atoms with Crippen molar-refractivity contribution in [2.75, 3.05) is 13.2 Å². The lowest BCUT2D eigenvalue weighted by Crippen LogP contribution is -2.64. The molecule has 1 aliphatic carbocycles. The van der Waals surface area contributed by atoms with Crippen LogP contribution in [-0.4, -0.2) is 98.3 Å². The van der Waals surface area contributed by atoms with Gasteiger partial charge in [0, 0.05) is 12.8 Å². The van der Waals surface area contributed by atoms with Gasteiger partial charge in [0.15, 0.2) is 6.10 Å². The number of unbranched alkanes of at least 4 members (excludes halogenated alkanes) is 15. The summed E-state index contributed by atoms with van der Waals surface area (Å²) in [6, 6.07) is 0. The van der Waals surface area contributed by atoms with Crippen LogP contribution in [0.2, 0.25) is 0 Å². The summed E-state index contributed by atoms with van der Waals surface area (Å²) in [5.74, 6) is -1.14. The van der Waals surface area contributed by atoms with Crippen molar-refractivity contribution in [1.82, 2.24) is 0 Å². The lowest BCUT2D eigenvalue weighted by atomic mass is 9.85. The Morgan fingerprint density at radius 2 is 0.931 bits per heavy atom. The lowest BCUT2D eigenvalue weighted by Gasteiger charge is -2.41. The summed E-state index contributed by atoms with van der Waals surface area (Å²) in [4.78, 5) is 35.5. The molecule has 14 heteroatoms. The van der Waals surface area contributed by atoms with Crippen molar-refractivity contribution >= 4 is 19.8 Å². The topological polar surface area (TPSA) is 210 Å². The molecule has 0 aliphatic heterocycles. The number of hydrogen-bond donors (Lipinski definition) is 6. The number of aliphatic hydroxyl groups excluding tert-OH is 5. The molecule has 1 fully saturated rings. The standard InChI is InChI=1S/C44H77O13P/c1-3-5-7-9-11-13-15-16-17-18-19-20-21-22-23-25-26-28-30-32-37(45)54-34-36(56-38(46)33-31-29-27-24-14-12-10-8-6-4-2)35-55-58(52,53)57-44-42(50)40(48)39(47)41(49)43(44)51/h11,13,16-17,19-20,22-23,36,39-44,47-51H,3-10,12,14-15,18,21,24-35H2,1-2H3,(H,52,53)/b13-11-,17-16-,20-19-,23-22-/t36-,39?,40-,41?,42?,43?,44?/m1/s1. The Morgan fingerprint density at radius 3 is 1.45 bits per heavy atom. The molecule has 0 aromatic carbocycles. The SMILES string of the molecule is CCCCC/C=C\C/C=C\C/C=C\C/C=C\CCCCCC(=O)OC[C@H](COP(=O)(O)OC1C(O)C(O)C(O)[C@@H](O)C1O)OC(=O)CCCCCCCCCCCC. The predicted octanol–water partition coefficient (Wildman–Crippen LogP) is 8.00. The van der Waals surface area contributed by atoms with Crippen molar-refractivity contribution in [3.63, 3.8) is 0 Å². The van der Waals surface area contributed by atoms with E-state index in [2.05, 4.69) is 62.5 Å². The first kappa shape index (κ1) is 53.8. The molecule has 13 nitrogen and oxygen atoms in total. The highest BCUT2D eigenvalue weighted by atomic mass is 31.2. The van der Waals surface area contributed by atoms with Gasteiger partial charge < -0.3 is 39.9 Å². The average Bonchev–Trinajstić information content (AvgIpc) is 3.20. The molecule has 1 rings (SSSR count). The van der Waals surface area contributed by atoms with Crippen LogP contribution in [0.15, 0.2) is 48.6 Å². The molecule has 0 amide bonds. The molecule has 0 heterocycles. The van der Waals surface area contributed by atoms with Gasteiger partial charge in [-0.1, -0.05) is 140 Å². The van der Waals surface area contributed by atoms with Crippen LogP contribution in [0, 0.1) is 0 Å². The Bertz CT molecular complexity index is 1210. The van der Waals surface area contributed by atoms with Crippen LogP contribution >= 0.6 is 7.82 Å². The second-order valence-corrected chi connectivity index (χ2v) is 16.6. The summed E-state index contributed by atoms with van der Waals surface area (Å²) < 4.78 is 33.4.